The molecule has 1 aliphatic carbocycles. The molecule has 28 heavy (non-hydrogen) atoms. The van der Waals surface area contributed by atoms with E-state index in [1.807, 2.05) is 24.3 Å². The number of anilines is 1. The molecule has 2 aliphatic rings. The molecule has 1 amide bonds. The molecule has 1 aromatic rings. The van der Waals surface area contributed by atoms with Gasteiger partial charge in [0.25, 0.3) is 5.91 Å². The van der Waals surface area contributed by atoms with Crippen molar-refractivity contribution in [3.63, 3.8) is 0 Å². The fraction of sp³-hybridized carbons (Fsp3) is 0.333. The summed E-state index contributed by atoms with van der Waals surface area (Å²) >= 11 is 6.12. The van der Waals surface area contributed by atoms with E-state index in [0.717, 1.165) is 12.1 Å². The number of hydrogen-bond donors (Lipinski definition) is 0. The minimum Gasteiger partial charge on any atom is -0.362 e. The first-order valence-corrected chi connectivity index (χ1v) is 9.60. The van der Waals surface area contributed by atoms with E-state index in [9.17, 15) is 9.59 Å². The van der Waals surface area contributed by atoms with Crippen molar-refractivity contribution in [3.8, 4) is 0 Å². The summed E-state index contributed by atoms with van der Waals surface area (Å²) in [4.78, 5) is 24.5. The highest BCUT2D eigenvalue weighted by molar-refractivity contribution is 6.31. The second-order valence-corrected chi connectivity index (χ2v) is 7.23. The number of nitrogens with zero attached hydrogens (tertiary/aromatic N) is 3. The highest BCUT2D eigenvalue weighted by Crippen LogP contribution is 2.24. The number of rotatable bonds is 5. The van der Waals surface area contributed by atoms with Gasteiger partial charge in [-0.2, -0.15) is 10.1 Å². The summed E-state index contributed by atoms with van der Waals surface area (Å²) in [6.07, 6.45) is 17.6. The van der Waals surface area contributed by atoms with E-state index in [-0.39, 0.29) is 24.0 Å². The predicted molar refractivity (Wildman–Crippen MR) is 109 cm³/mol. The second kappa shape index (κ2) is 9.46. The lowest BCUT2D eigenvalue weighted by atomic mass is 9.96. The Hall–Kier alpha value is -2.73. The molecule has 7 heteroatoms. The fourth-order valence-electron chi connectivity index (χ4n) is 3.10. The molecule has 146 valence electrons. The molecule has 0 N–H and O–H groups in total. The molecular formula is C21H22ClN3O3. The summed E-state index contributed by atoms with van der Waals surface area (Å²) in [7, 11) is 0. The van der Waals surface area contributed by atoms with Crippen LogP contribution in [0, 0.1) is 5.92 Å². The first-order valence-electron chi connectivity index (χ1n) is 9.22. The molecular weight excluding hydrogens is 378 g/mol. The van der Waals surface area contributed by atoms with E-state index in [1.54, 1.807) is 0 Å². The van der Waals surface area contributed by atoms with Crippen LogP contribution >= 0.6 is 11.6 Å². The molecule has 0 saturated carbocycles. The lowest BCUT2D eigenvalue weighted by Crippen LogP contribution is -2.30. The van der Waals surface area contributed by atoms with Crippen LogP contribution in [0.3, 0.4) is 0 Å². The molecule has 2 heterocycles. The van der Waals surface area contributed by atoms with Gasteiger partial charge in [0.15, 0.2) is 0 Å². The average molecular weight is 400 g/mol. The molecule has 0 saturated heterocycles. The monoisotopic (exact) mass is 399 g/mol. The van der Waals surface area contributed by atoms with E-state index >= 15 is 0 Å². The Kier molecular flexibility index (Phi) is 6.76. The highest BCUT2D eigenvalue weighted by atomic mass is 35.5. The molecule has 0 bridgehead atoms. The summed E-state index contributed by atoms with van der Waals surface area (Å²) in [5.41, 5.74) is 1.76. The molecule has 1 aliphatic heterocycles. The Morgan fingerprint density at radius 1 is 1.36 bits per heavy atom. The summed E-state index contributed by atoms with van der Waals surface area (Å²) in [5, 5.41) is 10.3. The van der Waals surface area contributed by atoms with Crippen molar-refractivity contribution in [2.45, 2.75) is 39.0 Å². The normalized spacial score (nSPS) is 25.4. The Bertz CT molecular complexity index is 879. The summed E-state index contributed by atoms with van der Waals surface area (Å²) in [5.74, 6) is -0.254. The average Bonchev–Trinajstić information content (AvgIpc) is 3.16. The van der Waals surface area contributed by atoms with Crippen molar-refractivity contribution < 1.29 is 14.1 Å². The maximum Gasteiger partial charge on any atom is 0.274 e. The molecule has 0 aromatic carbocycles. The number of aromatic nitrogens is 1. The highest BCUT2D eigenvalue weighted by Gasteiger charge is 2.25. The topological polar surface area (TPSA) is 75.8 Å². The van der Waals surface area contributed by atoms with Crippen LogP contribution in [0.4, 0.5) is 5.69 Å². The zero-order valence-corrected chi connectivity index (χ0v) is 16.4. The number of halogens is 1. The van der Waals surface area contributed by atoms with Gasteiger partial charge in [0.05, 0.1) is 6.20 Å². The van der Waals surface area contributed by atoms with Crippen molar-refractivity contribution in [1.29, 1.82) is 0 Å². The Morgan fingerprint density at radius 2 is 2.21 bits per heavy atom. The molecule has 6 nitrogen and oxygen atoms in total. The maximum atomic E-state index is 13.0. The zero-order valence-electron chi connectivity index (χ0n) is 15.7. The van der Waals surface area contributed by atoms with Crippen molar-refractivity contribution in [3.05, 3.63) is 59.5 Å². The lowest BCUT2D eigenvalue weighted by Gasteiger charge is -2.22. The summed E-state index contributed by atoms with van der Waals surface area (Å²) in [6, 6.07) is 0. The van der Waals surface area contributed by atoms with Gasteiger partial charge in [-0.25, -0.2) is 0 Å². The van der Waals surface area contributed by atoms with E-state index in [1.165, 1.54) is 24.4 Å². The van der Waals surface area contributed by atoms with Crippen LogP contribution in [-0.4, -0.2) is 22.6 Å². The van der Waals surface area contributed by atoms with E-state index in [0.29, 0.717) is 35.6 Å². The zero-order chi connectivity index (χ0) is 19.9. The SMILES string of the molecule is CC(=O)CC1=CCC/C(CC2C=CC/C=C(Cl)\C=C/2)=N\N(c2cnoc2)C1=O. The molecule has 0 spiro atoms. The van der Waals surface area contributed by atoms with Gasteiger partial charge in [0, 0.05) is 28.7 Å². The number of amides is 1. The van der Waals surface area contributed by atoms with E-state index in [4.69, 9.17) is 16.1 Å². The number of hydrogen-bond acceptors (Lipinski definition) is 5. The van der Waals surface area contributed by atoms with Crippen molar-refractivity contribution >= 4 is 34.7 Å². The van der Waals surface area contributed by atoms with Crippen LogP contribution in [0.5, 0.6) is 0 Å². The van der Waals surface area contributed by atoms with Gasteiger partial charge in [-0.15, -0.1) is 0 Å². The molecule has 3 rings (SSSR count). The van der Waals surface area contributed by atoms with Crippen LogP contribution in [0.1, 0.15) is 39.0 Å². The maximum absolute atomic E-state index is 13.0. The van der Waals surface area contributed by atoms with Crippen molar-refractivity contribution in [2.75, 3.05) is 5.01 Å². The van der Waals surface area contributed by atoms with Gasteiger partial charge in [0.2, 0.25) is 0 Å². The van der Waals surface area contributed by atoms with Crippen LogP contribution in [0.15, 0.2) is 69.1 Å². The number of carbonyl (C=O) groups excluding carboxylic acids is 2. The van der Waals surface area contributed by atoms with Crippen LogP contribution in [0.25, 0.3) is 0 Å². The Balaban J connectivity index is 1.87. The lowest BCUT2D eigenvalue weighted by molar-refractivity contribution is -0.119. The van der Waals surface area contributed by atoms with E-state index < -0.39 is 0 Å². The number of hydrazone groups is 1. The molecule has 0 radical (unpaired) electrons. The largest absolute Gasteiger partial charge is 0.362 e. The van der Waals surface area contributed by atoms with Crippen molar-refractivity contribution in [1.82, 2.24) is 5.16 Å². The van der Waals surface area contributed by atoms with Gasteiger partial charge in [-0.05, 0) is 38.7 Å². The first kappa shape index (κ1) is 20.0. The van der Waals surface area contributed by atoms with Gasteiger partial charge in [-0.1, -0.05) is 47.1 Å². The van der Waals surface area contributed by atoms with Gasteiger partial charge >= 0.3 is 0 Å². The quantitative estimate of drug-likeness (QED) is 0.672. The Morgan fingerprint density at radius 3 is 2.96 bits per heavy atom. The number of Topliss-reactive ketones (excluding diaryl/α,β-unsaturated/α-hetero) is 1. The van der Waals surface area contributed by atoms with Gasteiger partial charge in [0.1, 0.15) is 17.7 Å². The third kappa shape index (κ3) is 5.39. The van der Waals surface area contributed by atoms with Gasteiger partial charge < -0.3 is 4.52 Å². The summed E-state index contributed by atoms with van der Waals surface area (Å²) < 4.78 is 4.89. The first-order chi connectivity index (χ1) is 13.5. The van der Waals surface area contributed by atoms with E-state index in [2.05, 4.69) is 22.4 Å². The number of ketones is 1. The summed E-state index contributed by atoms with van der Waals surface area (Å²) in [6.45, 7) is 1.47. The fourth-order valence-corrected chi connectivity index (χ4v) is 3.26. The molecule has 0 fully saturated rings. The molecule has 1 unspecified atom stereocenters. The molecule has 1 atom stereocenters. The van der Waals surface area contributed by atoms with Crippen molar-refractivity contribution in [2.24, 2.45) is 11.0 Å². The number of carbonyl (C=O) groups is 2. The standard InChI is InChI=1S/C21H22ClN3O3/c1-15(26)11-17-6-4-8-19(12-16-5-2-3-7-18(22)10-9-16)24-25(21(17)27)20-13-23-28-14-20/h2,5-7,9-10,13-14,16H,3-4,8,11-12H2,1H3/b5-2?,10-9-,17-6?,18-7+,24-19+. The smallest absolute Gasteiger partial charge is 0.274 e. The third-order valence-corrected chi connectivity index (χ3v) is 4.72. The Labute approximate surface area is 168 Å². The second-order valence-electron chi connectivity index (χ2n) is 6.79. The minimum atomic E-state index is -0.328. The number of allylic oxidation sites excluding steroid dienone is 7. The predicted octanol–water partition coefficient (Wildman–Crippen LogP) is 4.71. The van der Waals surface area contributed by atoms with Crippen LogP contribution < -0.4 is 5.01 Å². The third-order valence-electron chi connectivity index (χ3n) is 4.44. The molecule has 1 aromatic heterocycles. The minimum absolute atomic E-state index is 0.0654. The van der Waals surface area contributed by atoms with Gasteiger partial charge in [-0.3, -0.25) is 9.59 Å². The van der Waals surface area contributed by atoms with Crippen LogP contribution in [-0.2, 0) is 9.59 Å². The van der Waals surface area contributed by atoms with Crippen LogP contribution in [0.2, 0.25) is 0 Å².